The Kier molecular flexibility index (Phi) is 22.1. The average molecular weight is 753 g/mol. The molecule has 8 nitrogen and oxygen atoms in total. The standard InChI is InChI=1S/2C14H13NO2.2ClH.2H3N.Pt/c2*16-14(17)15-13(11-7-3-1-4-8-11)12-9-5-2-6-10-12;;;;;/h2*1-10,13,15H,(H,16,17);2*1H;2*1H3;/q;;;;;;+4/p-4. The zero-order chi connectivity index (χ0) is 24.2. The summed E-state index contributed by atoms with van der Waals surface area (Å²) >= 11 is 0. The molecule has 0 spiro atoms. The van der Waals surface area contributed by atoms with E-state index in [0.717, 1.165) is 22.3 Å². The number of carbonyl (C=O) groups is 2. The largest absolute Gasteiger partial charge is 4.00 e. The molecule has 0 bridgehead atoms. The van der Waals surface area contributed by atoms with Gasteiger partial charge in [0.1, 0.15) is 12.2 Å². The van der Waals surface area contributed by atoms with Crippen molar-refractivity contribution in [3.05, 3.63) is 144 Å². The van der Waals surface area contributed by atoms with Crippen molar-refractivity contribution in [1.82, 2.24) is 22.9 Å². The number of rotatable bonds is 6. The van der Waals surface area contributed by atoms with Crippen LogP contribution in [0.3, 0.4) is 0 Å². The molecule has 11 heteroatoms. The van der Waals surface area contributed by atoms with Gasteiger partial charge in [-0.1, -0.05) is 121 Å². The normalized spacial score (nSPS) is 8.87. The van der Waals surface area contributed by atoms with E-state index < -0.39 is 12.2 Å². The molecular formula is C28H30Cl2N4O4Pt. The van der Waals surface area contributed by atoms with E-state index >= 15 is 0 Å². The number of nitrogens with one attached hydrogen (secondary N) is 2. The van der Waals surface area contributed by atoms with Crippen LogP contribution in [0.5, 0.6) is 0 Å². The molecule has 4 aromatic rings. The van der Waals surface area contributed by atoms with Gasteiger partial charge in [-0.05, 0) is 22.3 Å². The number of amides is 2. The van der Waals surface area contributed by atoms with Crippen LogP contribution in [0, 0.1) is 0 Å². The first-order chi connectivity index (χ1) is 16.5. The second-order valence-electron chi connectivity index (χ2n) is 7.37. The number of halogens is 2. The van der Waals surface area contributed by atoms with Gasteiger partial charge in [0.25, 0.3) is 0 Å². The van der Waals surface area contributed by atoms with Crippen LogP contribution >= 0.6 is 0 Å². The number of hydrogen-bond acceptors (Lipinski definition) is 6. The number of carboxylic acid groups (broad SMARTS) is 2. The molecule has 39 heavy (non-hydrogen) atoms. The number of carbonyl (C=O) groups excluding carboxylic acids is 2. The third-order valence-electron chi connectivity index (χ3n) is 5.06. The number of hydrogen-bond donors (Lipinski definition) is 4. The summed E-state index contributed by atoms with van der Waals surface area (Å²) in [7, 11) is 0. The van der Waals surface area contributed by atoms with Gasteiger partial charge in [-0.3, -0.25) is 0 Å². The summed E-state index contributed by atoms with van der Waals surface area (Å²) in [6.07, 6.45) is -2.55. The molecule has 0 radical (unpaired) electrons. The molecule has 0 atom stereocenters. The van der Waals surface area contributed by atoms with Gasteiger partial charge < -0.3 is 67.6 Å². The minimum absolute atomic E-state index is 0. The van der Waals surface area contributed by atoms with Crippen LogP contribution in [0.1, 0.15) is 34.3 Å². The minimum atomic E-state index is -1.28. The van der Waals surface area contributed by atoms with E-state index in [1.807, 2.05) is 121 Å². The predicted molar refractivity (Wildman–Crippen MR) is 137 cm³/mol. The van der Waals surface area contributed by atoms with Crippen LogP contribution < -0.4 is 58.0 Å². The van der Waals surface area contributed by atoms with Crippen LogP contribution in [0.15, 0.2) is 121 Å². The average Bonchev–Trinajstić information content (AvgIpc) is 2.88. The molecular weight excluding hydrogens is 722 g/mol. The van der Waals surface area contributed by atoms with Crippen molar-refractivity contribution in [2.75, 3.05) is 0 Å². The zero-order valence-electron chi connectivity index (χ0n) is 20.8. The molecule has 2 amide bonds. The van der Waals surface area contributed by atoms with Gasteiger partial charge in [0.2, 0.25) is 0 Å². The smallest absolute Gasteiger partial charge is 1.00 e. The first-order valence-corrected chi connectivity index (χ1v) is 10.7. The van der Waals surface area contributed by atoms with Gasteiger partial charge in [0.05, 0.1) is 12.1 Å². The molecule has 0 aromatic heterocycles. The Bertz CT molecular complexity index is 1010. The molecule has 0 aliphatic heterocycles. The predicted octanol–water partition coefficient (Wildman–Crippen LogP) is -2.25. The molecule has 0 saturated carbocycles. The van der Waals surface area contributed by atoms with Gasteiger partial charge in [0, 0.05) is 0 Å². The molecule has 0 saturated heterocycles. The molecule has 0 aliphatic carbocycles. The zero-order valence-corrected chi connectivity index (χ0v) is 24.6. The van der Waals surface area contributed by atoms with Crippen molar-refractivity contribution >= 4 is 12.2 Å². The fraction of sp³-hybridized carbons (Fsp3) is 0.0714. The minimum Gasteiger partial charge on any atom is -1.00 e. The maximum absolute atomic E-state index is 10.7. The van der Waals surface area contributed by atoms with Gasteiger partial charge in [-0.25, -0.2) is 0 Å². The topological polar surface area (TPSA) is 174 Å². The summed E-state index contributed by atoms with van der Waals surface area (Å²) in [6.45, 7) is 0. The molecule has 8 N–H and O–H groups in total. The first kappa shape index (κ1) is 40.1. The maximum atomic E-state index is 10.7. The SMILES string of the molecule is N.N.O=C([O-])NC(c1ccccc1)c1ccccc1.O=C([O-])NC(c1ccccc1)c1ccccc1.[Cl-].[Cl-].[Pt+4]. The van der Waals surface area contributed by atoms with E-state index in [1.54, 1.807) is 0 Å². The van der Waals surface area contributed by atoms with Gasteiger partial charge in [-0.2, -0.15) is 0 Å². The van der Waals surface area contributed by atoms with E-state index in [1.165, 1.54) is 0 Å². The van der Waals surface area contributed by atoms with Gasteiger partial charge in [0.15, 0.2) is 0 Å². The Balaban J connectivity index is -0.000000589. The van der Waals surface area contributed by atoms with Crippen molar-refractivity contribution in [2.24, 2.45) is 0 Å². The molecule has 0 aliphatic rings. The third-order valence-corrected chi connectivity index (χ3v) is 5.06. The second kappa shape index (κ2) is 21.5. The van der Waals surface area contributed by atoms with Crippen molar-refractivity contribution in [1.29, 1.82) is 0 Å². The Hall–Kier alpha value is -3.39. The molecule has 4 rings (SSSR count). The third kappa shape index (κ3) is 13.3. The van der Waals surface area contributed by atoms with Crippen LogP contribution in [0.25, 0.3) is 0 Å². The van der Waals surface area contributed by atoms with Crippen molar-refractivity contribution in [2.45, 2.75) is 12.1 Å². The summed E-state index contributed by atoms with van der Waals surface area (Å²) in [5, 5.41) is 26.3. The molecule has 0 fully saturated rings. The van der Waals surface area contributed by atoms with Crippen molar-refractivity contribution in [3.63, 3.8) is 0 Å². The van der Waals surface area contributed by atoms with Crippen LogP contribution in [-0.2, 0) is 21.1 Å². The van der Waals surface area contributed by atoms with E-state index in [9.17, 15) is 19.8 Å². The molecule has 4 aromatic carbocycles. The summed E-state index contributed by atoms with van der Waals surface area (Å²) in [6, 6.07) is 36.9. The summed E-state index contributed by atoms with van der Waals surface area (Å²) in [4.78, 5) is 21.5. The first-order valence-electron chi connectivity index (χ1n) is 10.7. The van der Waals surface area contributed by atoms with Crippen LogP contribution in [0.2, 0.25) is 0 Å². The van der Waals surface area contributed by atoms with Crippen LogP contribution in [-0.4, -0.2) is 12.2 Å². The Morgan fingerprint density at radius 1 is 0.462 bits per heavy atom. The molecule has 0 unspecified atom stereocenters. The molecule has 210 valence electrons. The Morgan fingerprint density at radius 3 is 0.795 bits per heavy atom. The second-order valence-corrected chi connectivity index (χ2v) is 7.37. The quantitative estimate of drug-likeness (QED) is 0.173. The van der Waals surface area contributed by atoms with E-state index in [0.29, 0.717) is 0 Å². The Morgan fingerprint density at radius 2 is 0.641 bits per heavy atom. The van der Waals surface area contributed by atoms with Crippen LogP contribution in [0.4, 0.5) is 9.59 Å². The fourth-order valence-corrected chi connectivity index (χ4v) is 3.54. The monoisotopic (exact) mass is 751 g/mol. The summed E-state index contributed by atoms with van der Waals surface area (Å²) in [5.41, 5.74) is 3.57. The van der Waals surface area contributed by atoms with Gasteiger partial charge >= 0.3 is 21.1 Å². The van der Waals surface area contributed by atoms with Crippen molar-refractivity contribution in [3.8, 4) is 0 Å². The van der Waals surface area contributed by atoms with E-state index in [-0.39, 0.29) is 70.3 Å². The summed E-state index contributed by atoms with van der Waals surface area (Å²) < 4.78 is 0. The van der Waals surface area contributed by atoms with E-state index in [4.69, 9.17) is 0 Å². The maximum Gasteiger partial charge on any atom is 4.00 e. The summed E-state index contributed by atoms with van der Waals surface area (Å²) in [5.74, 6) is 0. The van der Waals surface area contributed by atoms with E-state index in [2.05, 4.69) is 10.6 Å². The fourth-order valence-electron chi connectivity index (χ4n) is 3.54. The van der Waals surface area contributed by atoms with Crippen molar-refractivity contribution < 1.29 is 65.7 Å². The molecule has 0 heterocycles. The Labute approximate surface area is 255 Å². The van der Waals surface area contributed by atoms with Gasteiger partial charge in [-0.15, -0.1) is 0 Å². The number of benzene rings is 4.